The maximum Gasteiger partial charge on any atom is 0.338 e. The molecule has 19 heavy (non-hydrogen) atoms. The standard InChI is InChI=1S/C15H19NO3/c1-11-10-14(8-9-16(11)12(2)17)19-15(18)13-6-4-3-5-7-13/h3-7,11,14H,8-10H2,1-2H3/t11-,14+/m0/s1. The van der Waals surface area contributed by atoms with Gasteiger partial charge in [0.05, 0.1) is 5.56 Å². The normalized spacial score (nSPS) is 22.9. The number of carbonyl (C=O) groups is 2. The van der Waals surface area contributed by atoms with Crippen molar-refractivity contribution in [1.29, 1.82) is 0 Å². The van der Waals surface area contributed by atoms with E-state index in [4.69, 9.17) is 4.74 Å². The van der Waals surface area contributed by atoms with Gasteiger partial charge in [-0.25, -0.2) is 4.79 Å². The molecular weight excluding hydrogens is 242 g/mol. The molecule has 2 rings (SSSR count). The quantitative estimate of drug-likeness (QED) is 0.767. The largest absolute Gasteiger partial charge is 0.459 e. The van der Waals surface area contributed by atoms with E-state index in [0.717, 1.165) is 0 Å². The summed E-state index contributed by atoms with van der Waals surface area (Å²) < 4.78 is 5.50. The molecule has 4 heteroatoms. The van der Waals surface area contributed by atoms with Gasteiger partial charge in [-0.15, -0.1) is 0 Å². The molecule has 1 fully saturated rings. The van der Waals surface area contributed by atoms with Gasteiger partial charge in [0.1, 0.15) is 6.10 Å². The molecule has 1 heterocycles. The Kier molecular flexibility index (Phi) is 4.20. The fraction of sp³-hybridized carbons (Fsp3) is 0.467. The first-order valence-electron chi connectivity index (χ1n) is 6.61. The Balaban J connectivity index is 1.92. The average molecular weight is 261 g/mol. The van der Waals surface area contributed by atoms with Gasteiger partial charge >= 0.3 is 5.97 Å². The predicted molar refractivity (Wildman–Crippen MR) is 71.7 cm³/mol. The van der Waals surface area contributed by atoms with E-state index >= 15 is 0 Å². The number of hydrogen-bond donors (Lipinski definition) is 0. The minimum Gasteiger partial charge on any atom is -0.459 e. The van der Waals surface area contributed by atoms with Gasteiger partial charge in [-0.3, -0.25) is 4.79 Å². The zero-order valence-corrected chi connectivity index (χ0v) is 11.3. The molecule has 0 saturated carbocycles. The van der Waals surface area contributed by atoms with E-state index in [0.29, 0.717) is 24.9 Å². The summed E-state index contributed by atoms with van der Waals surface area (Å²) in [7, 11) is 0. The highest BCUT2D eigenvalue weighted by atomic mass is 16.5. The minimum absolute atomic E-state index is 0.0836. The molecule has 0 N–H and O–H groups in total. The SMILES string of the molecule is CC(=O)N1CC[C@@H](OC(=O)c2ccccc2)C[C@@H]1C. The smallest absolute Gasteiger partial charge is 0.338 e. The number of ether oxygens (including phenoxy) is 1. The molecule has 4 nitrogen and oxygen atoms in total. The summed E-state index contributed by atoms with van der Waals surface area (Å²) in [5.74, 6) is -0.200. The van der Waals surface area contributed by atoms with Gasteiger partial charge in [-0.2, -0.15) is 0 Å². The van der Waals surface area contributed by atoms with Crippen molar-refractivity contribution in [2.45, 2.75) is 38.8 Å². The highest BCUT2D eigenvalue weighted by Crippen LogP contribution is 2.21. The van der Waals surface area contributed by atoms with Crippen LogP contribution in [0.4, 0.5) is 0 Å². The molecular formula is C15H19NO3. The minimum atomic E-state index is -0.283. The molecule has 0 aromatic heterocycles. The zero-order chi connectivity index (χ0) is 13.8. The third-order valence-corrected chi connectivity index (χ3v) is 3.52. The Hall–Kier alpha value is -1.84. The highest BCUT2D eigenvalue weighted by Gasteiger charge is 2.29. The number of carbonyl (C=O) groups excluding carboxylic acids is 2. The molecule has 0 bridgehead atoms. The lowest BCUT2D eigenvalue weighted by atomic mass is 10.0. The van der Waals surface area contributed by atoms with Gasteiger partial charge in [-0.1, -0.05) is 18.2 Å². The zero-order valence-electron chi connectivity index (χ0n) is 11.3. The van der Waals surface area contributed by atoms with Crippen LogP contribution in [-0.2, 0) is 9.53 Å². The molecule has 0 spiro atoms. The first-order chi connectivity index (χ1) is 9.08. The molecule has 0 unspecified atom stereocenters. The molecule has 1 aliphatic rings. The van der Waals surface area contributed by atoms with Crippen LogP contribution in [0.25, 0.3) is 0 Å². The molecule has 1 saturated heterocycles. The van der Waals surface area contributed by atoms with Gasteiger partial charge in [0.15, 0.2) is 0 Å². The lowest BCUT2D eigenvalue weighted by Gasteiger charge is -2.36. The van der Waals surface area contributed by atoms with Crippen molar-refractivity contribution < 1.29 is 14.3 Å². The highest BCUT2D eigenvalue weighted by molar-refractivity contribution is 5.89. The van der Waals surface area contributed by atoms with E-state index in [9.17, 15) is 9.59 Å². The molecule has 1 aromatic carbocycles. The van der Waals surface area contributed by atoms with Gasteiger partial charge in [0.2, 0.25) is 5.91 Å². The van der Waals surface area contributed by atoms with E-state index in [1.165, 1.54) is 0 Å². The molecule has 1 aliphatic heterocycles. The summed E-state index contributed by atoms with van der Waals surface area (Å²) >= 11 is 0. The number of amides is 1. The van der Waals surface area contributed by atoms with Crippen molar-refractivity contribution in [2.75, 3.05) is 6.54 Å². The van der Waals surface area contributed by atoms with E-state index in [1.54, 1.807) is 19.1 Å². The summed E-state index contributed by atoms with van der Waals surface area (Å²) in [6.07, 6.45) is 1.32. The predicted octanol–water partition coefficient (Wildman–Crippen LogP) is 2.24. The number of hydrogen-bond acceptors (Lipinski definition) is 3. The van der Waals surface area contributed by atoms with Crippen molar-refractivity contribution in [3.8, 4) is 0 Å². The number of rotatable bonds is 2. The van der Waals surface area contributed by atoms with E-state index in [-0.39, 0.29) is 24.0 Å². The maximum absolute atomic E-state index is 11.9. The number of piperidine rings is 1. The topological polar surface area (TPSA) is 46.6 Å². The third-order valence-electron chi connectivity index (χ3n) is 3.52. The van der Waals surface area contributed by atoms with E-state index < -0.39 is 0 Å². The van der Waals surface area contributed by atoms with Gasteiger partial charge < -0.3 is 9.64 Å². The van der Waals surface area contributed by atoms with Crippen molar-refractivity contribution in [3.05, 3.63) is 35.9 Å². The number of likely N-dealkylation sites (tertiary alicyclic amines) is 1. The Labute approximate surface area is 113 Å². The summed E-state index contributed by atoms with van der Waals surface area (Å²) in [5.41, 5.74) is 0.573. The summed E-state index contributed by atoms with van der Waals surface area (Å²) in [6, 6.07) is 9.12. The first-order valence-corrected chi connectivity index (χ1v) is 6.61. The van der Waals surface area contributed by atoms with Gasteiger partial charge in [0, 0.05) is 32.4 Å². The Morgan fingerprint density at radius 3 is 2.53 bits per heavy atom. The monoisotopic (exact) mass is 261 g/mol. The van der Waals surface area contributed by atoms with Crippen LogP contribution in [0.2, 0.25) is 0 Å². The van der Waals surface area contributed by atoms with Gasteiger partial charge in [-0.05, 0) is 19.1 Å². The van der Waals surface area contributed by atoms with Crippen LogP contribution in [-0.4, -0.2) is 35.5 Å². The fourth-order valence-electron chi connectivity index (χ4n) is 2.50. The molecule has 102 valence electrons. The maximum atomic E-state index is 11.9. The summed E-state index contributed by atoms with van der Waals surface area (Å²) in [4.78, 5) is 25.1. The average Bonchev–Trinajstić information content (AvgIpc) is 2.39. The van der Waals surface area contributed by atoms with Crippen molar-refractivity contribution in [3.63, 3.8) is 0 Å². The van der Waals surface area contributed by atoms with Crippen molar-refractivity contribution in [2.24, 2.45) is 0 Å². The second-order valence-electron chi connectivity index (χ2n) is 4.98. The fourth-order valence-corrected chi connectivity index (χ4v) is 2.50. The summed E-state index contributed by atoms with van der Waals surface area (Å²) in [6.45, 7) is 4.22. The second kappa shape index (κ2) is 5.87. The van der Waals surface area contributed by atoms with Crippen molar-refractivity contribution >= 4 is 11.9 Å². The van der Waals surface area contributed by atoms with Crippen LogP contribution in [0.5, 0.6) is 0 Å². The van der Waals surface area contributed by atoms with Crippen LogP contribution in [0.15, 0.2) is 30.3 Å². The molecule has 1 aromatic rings. The lowest BCUT2D eigenvalue weighted by Crippen LogP contribution is -2.46. The van der Waals surface area contributed by atoms with Crippen LogP contribution < -0.4 is 0 Å². The Morgan fingerprint density at radius 1 is 1.26 bits per heavy atom. The second-order valence-corrected chi connectivity index (χ2v) is 4.98. The summed E-state index contributed by atoms with van der Waals surface area (Å²) in [5, 5.41) is 0. The Bertz CT molecular complexity index is 458. The van der Waals surface area contributed by atoms with Crippen LogP contribution in [0, 0.1) is 0 Å². The number of benzene rings is 1. The van der Waals surface area contributed by atoms with E-state index in [2.05, 4.69) is 0 Å². The van der Waals surface area contributed by atoms with E-state index in [1.807, 2.05) is 30.0 Å². The van der Waals surface area contributed by atoms with Crippen LogP contribution in [0.3, 0.4) is 0 Å². The number of nitrogens with zero attached hydrogens (tertiary/aromatic N) is 1. The molecule has 0 aliphatic carbocycles. The third kappa shape index (κ3) is 3.34. The first kappa shape index (κ1) is 13.6. The molecule has 0 radical (unpaired) electrons. The van der Waals surface area contributed by atoms with Crippen molar-refractivity contribution in [1.82, 2.24) is 4.90 Å². The van der Waals surface area contributed by atoms with Gasteiger partial charge in [0.25, 0.3) is 0 Å². The van der Waals surface area contributed by atoms with Crippen LogP contribution in [0.1, 0.15) is 37.0 Å². The number of esters is 1. The Morgan fingerprint density at radius 2 is 1.95 bits per heavy atom. The van der Waals surface area contributed by atoms with Crippen LogP contribution >= 0.6 is 0 Å². The lowest BCUT2D eigenvalue weighted by molar-refractivity contribution is -0.133. The molecule has 1 amide bonds. The molecule has 2 atom stereocenters.